The maximum absolute atomic E-state index is 11.9. The number of primary amides is 1. The maximum Gasteiger partial charge on any atom is 0.405 e. The molecule has 4 N–H and O–H groups in total. The Morgan fingerprint density at radius 1 is 1.48 bits per heavy atom. The summed E-state index contributed by atoms with van der Waals surface area (Å²) in [4.78, 5) is 35.1. The number of aliphatic hydroxyl groups excluding tert-OH is 1. The smallest absolute Gasteiger partial charge is 0.405 e. The van der Waals surface area contributed by atoms with Gasteiger partial charge in [-0.05, 0) is 13.8 Å². The lowest BCUT2D eigenvalue weighted by Crippen LogP contribution is -2.60. The summed E-state index contributed by atoms with van der Waals surface area (Å²) in [6, 6.07) is 0. The van der Waals surface area contributed by atoms with E-state index in [1.165, 1.54) is 18.7 Å². The molecule has 8 nitrogen and oxygen atoms in total. The number of amides is 2. The van der Waals surface area contributed by atoms with Gasteiger partial charge in [-0.2, -0.15) is 0 Å². The summed E-state index contributed by atoms with van der Waals surface area (Å²) < 4.78 is 5.10. The number of carbonyl (C=O) groups is 3. The lowest BCUT2D eigenvalue weighted by Gasteiger charge is -2.43. The van der Waals surface area contributed by atoms with E-state index in [1.54, 1.807) is 6.92 Å². The number of hydrogen-bond donors (Lipinski definition) is 3. The highest BCUT2D eigenvalue weighted by Crippen LogP contribution is 2.54. The summed E-state index contributed by atoms with van der Waals surface area (Å²) >= 11 is 2.17. The quantitative estimate of drug-likeness (QED) is 0.484. The van der Waals surface area contributed by atoms with Gasteiger partial charge >= 0.3 is 12.1 Å². The van der Waals surface area contributed by atoms with Gasteiger partial charge in [0.1, 0.15) is 5.37 Å². The van der Waals surface area contributed by atoms with Crippen molar-refractivity contribution in [2.75, 3.05) is 0 Å². The molecule has 0 aromatic carbocycles. The largest absolute Gasteiger partial charge is 0.477 e. The number of aliphatic hydroxyl groups is 1. The van der Waals surface area contributed by atoms with Gasteiger partial charge in [0.25, 0.3) is 0 Å². The Morgan fingerprint density at radius 3 is 2.57 bits per heavy atom. The third-order valence-electron chi connectivity index (χ3n) is 3.02. The Labute approximate surface area is 128 Å². The topological polar surface area (TPSA) is 130 Å². The van der Waals surface area contributed by atoms with Crippen molar-refractivity contribution in [2.45, 2.75) is 30.8 Å². The van der Waals surface area contributed by atoms with Gasteiger partial charge in [0.15, 0.2) is 11.1 Å². The predicted octanol–water partition coefficient (Wildman–Crippen LogP) is 0.327. The van der Waals surface area contributed by atoms with E-state index in [2.05, 4.69) is 0 Å². The van der Waals surface area contributed by atoms with Crippen LogP contribution in [0.15, 0.2) is 9.93 Å². The van der Waals surface area contributed by atoms with Crippen LogP contribution in [0.4, 0.5) is 4.79 Å². The zero-order chi connectivity index (χ0) is 15.9. The molecule has 2 aliphatic rings. The number of nitrogens with two attached hydrogens (primary N) is 1. The van der Waals surface area contributed by atoms with E-state index in [4.69, 9.17) is 10.5 Å². The van der Waals surface area contributed by atoms with Crippen molar-refractivity contribution in [3.8, 4) is 0 Å². The minimum Gasteiger partial charge on any atom is -0.477 e. The molecule has 0 aliphatic carbocycles. The van der Waals surface area contributed by atoms with Crippen molar-refractivity contribution >= 4 is 41.5 Å². The molecule has 1 fully saturated rings. The third kappa shape index (κ3) is 2.83. The minimum absolute atomic E-state index is 0.142. The Balaban J connectivity index is 2.19. The van der Waals surface area contributed by atoms with Gasteiger partial charge in [0, 0.05) is 0 Å². The van der Waals surface area contributed by atoms with Crippen LogP contribution in [0.5, 0.6) is 0 Å². The van der Waals surface area contributed by atoms with E-state index in [9.17, 15) is 24.6 Å². The molecule has 2 heterocycles. The van der Waals surface area contributed by atoms with Crippen LogP contribution in [0.2, 0.25) is 0 Å². The average molecular weight is 334 g/mol. The number of carboxylic acid groups (broad SMARTS) is 1. The summed E-state index contributed by atoms with van der Waals surface area (Å²) in [7, 11) is 0. The molecule has 2 rings (SSSR count). The zero-order valence-corrected chi connectivity index (χ0v) is 12.8. The van der Waals surface area contributed by atoms with E-state index in [1.807, 2.05) is 0 Å². The number of fused-ring (bicyclic) bond motifs is 1. The molecule has 21 heavy (non-hydrogen) atoms. The number of carboxylic acids is 1. The van der Waals surface area contributed by atoms with Gasteiger partial charge in [-0.1, -0.05) is 23.5 Å². The lowest BCUT2D eigenvalue weighted by molar-refractivity contribution is -0.156. The van der Waals surface area contributed by atoms with Crippen LogP contribution in [0.25, 0.3) is 0 Å². The van der Waals surface area contributed by atoms with Crippen LogP contribution in [0, 0.1) is 5.92 Å². The highest BCUT2D eigenvalue weighted by Gasteiger charge is 2.57. The molecule has 0 aromatic rings. The van der Waals surface area contributed by atoms with Crippen LogP contribution in [-0.4, -0.2) is 50.0 Å². The monoisotopic (exact) mass is 334 g/mol. The number of rotatable bonds is 5. The first-order valence-electron chi connectivity index (χ1n) is 6.02. The second-order valence-electron chi connectivity index (χ2n) is 4.55. The van der Waals surface area contributed by atoms with Crippen molar-refractivity contribution in [2.24, 2.45) is 11.7 Å². The van der Waals surface area contributed by atoms with Gasteiger partial charge in [-0.15, -0.1) is 0 Å². The summed E-state index contributed by atoms with van der Waals surface area (Å²) in [5, 5.41) is 18.4. The van der Waals surface area contributed by atoms with Crippen LogP contribution >= 0.6 is 23.5 Å². The molecule has 2 aliphatic heterocycles. The van der Waals surface area contributed by atoms with Crippen LogP contribution < -0.4 is 5.73 Å². The second-order valence-corrected chi connectivity index (χ2v) is 7.24. The predicted molar refractivity (Wildman–Crippen MR) is 75.8 cm³/mol. The SMILES string of the molecule is CC(OC(N)=O)SC1=C(C(=O)O)N2C(=O)[C@H](C(C)O)[C@H]2S1. The number of hydrogen-bond acceptors (Lipinski definition) is 7. The zero-order valence-electron chi connectivity index (χ0n) is 11.2. The molecule has 1 saturated heterocycles. The number of nitrogens with zero attached hydrogens (tertiary/aromatic N) is 1. The average Bonchev–Trinajstić information content (AvgIpc) is 2.62. The van der Waals surface area contributed by atoms with E-state index < -0.39 is 40.8 Å². The molecule has 2 amide bonds. The Kier molecular flexibility index (Phi) is 4.40. The van der Waals surface area contributed by atoms with Gasteiger partial charge in [-0.25, -0.2) is 9.59 Å². The first kappa shape index (κ1) is 16.0. The normalized spacial score (nSPS) is 27.0. The third-order valence-corrected chi connectivity index (χ3v) is 5.59. The van der Waals surface area contributed by atoms with Crippen LogP contribution in [-0.2, 0) is 14.3 Å². The van der Waals surface area contributed by atoms with Gasteiger partial charge in [-0.3, -0.25) is 9.69 Å². The molecular weight excluding hydrogens is 320 g/mol. The Morgan fingerprint density at radius 2 is 2.10 bits per heavy atom. The molecule has 0 bridgehead atoms. The van der Waals surface area contributed by atoms with E-state index >= 15 is 0 Å². The molecule has 10 heteroatoms. The fourth-order valence-electron chi connectivity index (χ4n) is 2.17. The van der Waals surface area contributed by atoms with E-state index in [-0.39, 0.29) is 5.70 Å². The van der Waals surface area contributed by atoms with Crippen molar-refractivity contribution in [1.29, 1.82) is 0 Å². The molecule has 0 spiro atoms. The molecule has 116 valence electrons. The molecular formula is C11H14N2O6S2. The van der Waals surface area contributed by atoms with Crippen molar-refractivity contribution in [3.63, 3.8) is 0 Å². The summed E-state index contributed by atoms with van der Waals surface area (Å²) in [6.45, 7) is 3.04. The van der Waals surface area contributed by atoms with Crippen molar-refractivity contribution in [1.82, 2.24) is 4.90 Å². The van der Waals surface area contributed by atoms with Crippen LogP contribution in [0.1, 0.15) is 13.8 Å². The maximum atomic E-state index is 11.9. The number of carbonyl (C=O) groups excluding carboxylic acids is 2. The highest BCUT2D eigenvalue weighted by molar-refractivity contribution is 8.23. The molecule has 0 radical (unpaired) electrons. The first-order valence-corrected chi connectivity index (χ1v) is 7.78. The number of ether oxygens (including phenoxy) is 1. The molecule has 2 unspecified atom stereocenters. The van der Waals surface area contributed by atoms with Gasteiger partial charge < -0.3 is 20.7 Å². The fourth-order valence-corrected chi connectivity index (χ4v) is 5.16. The minimum atomic E-state index is -1.24. The second kappa shape index (κ2) is 5.78. The van der Waals surface area contributed by atoms with E-state index in [0.717, 1.165) is 16.7 Å². The lowest BCUT2D eigenvalue weighted by atomic mass is 9.92. The summed E-state index contributed by atoms with van der Waals surface area (Å²) in [5.41, 5.74) is 4.08. The number of thioether (sulfide) groups is 2. The standard InChI is InChI=1S/C11H14N2O6S2/c1-3(14)5-7(15)13-6(9(16)17)10(21-8(5)13)20-4(2)19-11(12)18/h3-5,8,14H,1-2H3,(H2,12,18)(H,16,17)/t3?,4?,5-,8+/m0/s1. The Bertz CT molecular complexity index is 535. The van der Waals surface area contributed by atoms with Crippen molar-refractivity contribution in [3.05, 3.63) is 9.93 Å². The van der Waals surface area contributed by atoms with Gasteiger partial charge in [0.05, 0.1) is 16.3 Å². The van der Waals surface area contributed by atoms with Gasteiger partial charge in [0.2, 0.25) is 5.91 Å². The first-order chi connectivity index (χ1) is 9.73. The summed E-state index contributed by atoms with van der Waals surface area (Å²) in [6.07, 6.45) is -1.82. The number of β-lactam (4-membered cyclic amide) rings is 1. The molecule has 0 saturated carbocycles. The van der Waals surface area contributed by atoms with Crippen molar-refractivity contribution < 1.29 is 29.3 Å². The fraction of sp³-hybridized carbons (Fsp3) is 0.545. The van der Waals surface area contributed by atoms with Crippen LogP contribution in [0.3, 0.4) is 0 Å². The summed E-state index contributed by atoms with van der Waals surface area (Å²) in [5.74, 6) is -2.29. The molecule has 0 aromatic heterocycles. The highest BCUT2D eigenvalue weighted by atomic mass is 32.2. The van der Waals surface area contributed by atoms with E-state index in [0.29, 0.717) is 4.24 Å². The molecule has 4 atom stereocenters. The number of aliphatic carboxylic acids is 1. The Hall–Kier alpha value is -1.39.